The number of hydrogen-bond acceptors (Lipinski definition) is 5. The maximum atomic E-state index is 12.3. The van der Waals surface area contributed by atoms with Gasteiger partial charge in [-0.05, 0) is 61.1 Å². The Balaban J connectivity index is 1.61. The van der Waals surface area contributed by atoms with Gasteiger partial charge in [0.15, 0.2) is 9.84 Å². The maximum absolute atomic E-state index is 12.3. The zero-order valence-electron chi connectivity index (χ0n) is 15.2. The van der Waals surface area contributed by atoms with Gasteiger partial charge in [-0.25, -0.2) is 8.42 Å². The highest BCUT2D eigenvalue weighted by Crippen LogP contribution is 2.33. The first kappa shape index (κ1) is 19.6. The van der Waals surface area contributed by atoms with Crippen LogP contribution >= 0.6 is 11.3 Å². The molecule has 1 atom stereocenters. The first-order valence-electron chi connectivity index (χ1n) is 8.80. The number of hydrogen-bond donors (Lipinski definition) is 2. The third-order valence-electron chi connectivity index (χ3n) is 4.82. The number of nitrogens with one attached hydrogen (secondary N) is 2. The Morgan fingerprint density at radius 3 is 2.44 bits per heavy atom. The molecule has 3 rings (SSSR count). The quantitative estimate of drug-likeness (QED) is 0.764. The van der Waals surface area contributed by atoms with E-state index in [4.69, 9.17) is 0 Å². The summed E-state index contributed by atoms with van der Waals surface area (Å²) in [5.41, 5.74) is 6.31. The zero-order valence-corrected chi connectivity index (χ0v) is 16.9. The number of amides is 2. The lowest BCUT2D eigenvalue weighted by Gasteiger charge is -2.19. The Kier molecular flexibility index (Phi) is 5.67. The molecular weight excluding hydrogens is 384 g/mol. The van der Waals surface area contributed by atoms with E-state index in [1.807, 2.05) is 6.07 Å². The fourth-order valence-electron chi connectivity index (χ4n) is 3.16. The molecule has 0 saturated heterocycles. The number of fused-ring (bicyclic) bond motifs is 1. The highest BCUT2D eigenvalue weighted by molar-refractivity contribution is 7.90. The van der Waals surface area contributed by atoms with Crippen LogP contribution in [-0.2, 0) is 22.7 Å². The molecule has 0 saturated carbocycles. The van der Waals surface area contributed by atoms with Crippen molar-refractivity contribution in [3.8, 4) is 0 Å². The van der Waals surface area contributed by atoms with E-state index in [1.54, 1.807) is 0 Å². The predicted octanol–water partition coefficient (Wildman–Crippen LogP) is 2.74. The molecular formula is C19H22N2O4S2. The summed E-state index contributed by atoms with van der Waals surface area (Å²) in [4.78, 5) is 26.5. The van der Waals surface area contributed by atoms with Crippen LogP contribution in [0.25, 0.3) is 0 Å². The molecule has 6 nitrogen and oxygen atoms in total. The summed E-state index contributed by atoms with van der Waals surface area (Å²) in [7, 11) is -3.31. The summed E-state index contributed by atoms with van der Waals surface area (Å²) in [6.07, 6.45) is 5.42. The number of thiophene rings is 1. The highest BCUT2D eigenvalue weighted by atomic mass is 32.2. The summed E-state index contributed by atoms with van der Waals surface area (Å²) < 4.78 is 22.9. The van der Waals surface area contributed by atoms with Crippen LogP contribution in [0.15, 0.2) is 35.2 Å². The molecule has 1 aromatic carbocycles. The lowest BCUT2D eigenvalue weighted by atomic mass is 9.87. The van der Waals surface area contributed by atoms with Crippen molar-refractivity contribution >= 4 is 33.0 Å². The minimum absolute atomic E-state index is 0.137. The largest absolute Gasteiger partial charge is 0.279 e. The predicted molar refractivity (Wildman–Crippen MR) is 105 cm³/mol. The van der Waals surface area contributed by atoms with Crippen LogP contribution < -0.4 is 10.9 Å². The number of aryl methyl sites for hydroxylation is 1. The fourth-order valence-corrected chi connectivity index (χ4v) is 4.89. The molecule has 27 heavy (non-hydrogen) atoms. The average molecular weight is 407 g/mol. The molecule has 0 spiro atoms. The van der Waals surface area contributed by atoms with E-state index < -0.39 is 15.7 Å². The molecule has 0 unspecified atom stereocenters. The summed E-state index contributed by atoms with van der Waals surface area (Å²) in [5, 5.41) is 0. The highest BCUT2D eigenvalue weighted by Gasteiger charge is 2.22. The molecule has 0 radical (unpaired) electrons. The van der Waals surface area contributed by atoms with Crippen molar-refractivity contribution in [1.82, 2.24) is 10.9 Å². The van der Waals surface area contributed by atoms with Crippen LogP contribution in [0.2, 0.25) is 0 Å². The van der Waals surface area contributed by atoms with Crippen molar-refractivity contribution in [2.75, 3.05) is 6.26 Å². The van der Waals surface area contributed by atoms with Gasteiger partial charge in [-0.2, -0.15) is 0 Å². The Bertz CT molecular complexity index is 962. The number of carbonyl (C=O) groups is 2. The lowest BCUT2D eigenvalue weighted by molar-refractivity contribution is 0.0849. The standard InChI is InChI=1S/C19H22N2O4S2/c1-3-12-4-9-16-14(10-12)11-17(26-16)19(23)21-20-18(22)13-5-7-15(8-6-13)27(2,24)25/h5-8,11-12H,3-4,9-10H2,1-2H3,(H,20,22)(H,21,23)/t12-/m0/s1. The number of hydrazine groups is 1. The van der Waals surface area contributed by atoms with Gasteiger partial charge in [0.1, 0.15) is 0 Å². The topological polar surface area (TPSA) is 92.3 Å². The van der Waals surface area contributed by atoms with E-state index in [2.05, 4.69) is 17.8 Å². The van der Waals surface area contributed by atoms with Gasteiger partial charge in [0.2, 0.25) is 0 Å². The zero-order chi connectivity index (χ0) is 19.6. The monoisotopic (exact) mass is 406 g/mol. The minimum atomic E-state index is -3.31. The van der Waals surface area contributed by atoms with E-state index >= 15 is 0 Å². The van der Waals surface area contributed by atoms with Crippen molar-refractivity contribution in [1.29, 1.82) is 0 Å². The van der Waals surface area contributed by atoms with Gasteiger partial charge < -0.3 is 0 Å². The lowest BCUT2D eigenvalue weighted by Crippen LogP contribution is -2.41. The summed E-state index contributed by atoms with van der Waals surface area (Å²) in [6.45, 7) is 2.19. The SMILES string of the molecule is CC[C@H]1CCc2sc(C(=O)NNC(=O)c3ccc(S(C)(=O)=O)cc3)cc2C1. The van der Waals surface area contributed by atoms with Crippen molar-refractivity contribution in [3.63, 3.8) is 0 Å². The molecule has 8 heteroatoms. The molecule has 0 aliphatic heterocycles. The second-order valence-electron chi connectivity index (χ2n) is 6.78. The molecule has 144 valence electrons. The average Bonchev–Trinajstić information content (AvgIpc) is 3.08. The molecule has 0 fully saturated rings. The van der Waals surface area contributed by atoms with Gasteiger partial charge in [0, 0.05) is 16.7 Å². The third kappa shape index (κ3) is 4.56. The van der Waals surface area contributed by atoms with Crippen LogP contribution in [0.5, 0.6) is 0 Å². The first-order valence-corrected chi connectivity index (χ1v) is 11.5. The molecule has 1 aliphatic carbocycles. The molecule has 1 heterocycles. The maximum Gasteiger partial charge on any atom is 0.279 e. The molecule has 1 aromatic heterocycles. The Morgan fingerprint density at radius 2 is 1.81 bits per heavy atom. The first-order chi connectivity index (χ1) is 12.8. The summed E-state index contributed by atoms with van der Waals surface area (Å²) in [6, 6.07) is 7.47. The smallest absolute Gasteiger partial charge is 0.267 e. The van der Waals surface area contributed by atoms with Crippen LogP contribution in [0.3, 0.4) is 0 Å². The van der Waals surface area contributed by atoms with E-state index in [0.717, 1.165) is 31.9 Å². The summed E-state index contributed by atoms with van der Waals surface area (Å²) in [5.74, 6) is -0.169. The van der Waals surface area contributed by atoms with Gasteiger partial charge in [-0.1, -0.05) is 13.3 Å². The minimum Gasteiger partial charge on any atom is -0.267 e. The van der Waals surface area contributed by atoms with Crippen molar-refractivity contribution < 1.29 is 18.0 Å². The van der Waals surface area contributed by atoms with Crippen LogP contribution in [-0.4, -0.2) is 26.5 Å². The van der Waals surface area contributed by atoms with Crippen molar-refractivity contribution in [2.24, 2.45) is 5.92 Å². The van der Waals surface area contributed by atoms with Gasteiger partial charge in [0.25, 0.3) is 11.8 Å². The number of carbonyl (C=O) groups excluding carboxylic acids is 2. The fraction of sp³-hybridized carbons (Fsp3) is 0.368. The van der Waals surface area contributed by atoms with Crippen LogP contribution in [0.1, 0.15) is 50.2 Å². The number of rotatable bonds is 4. The van der Waals surface area contributed by atoms with E-state index in [1.165, 1.54) is 46.0 Å². The van der Waals surface area contributed by atoms with Crippen molar-refractivity contribution in [2.45, 2.75) is 37.5 Å². The van der Waals surface area contributed by atoms with E-state index in [9.17, 15) is 18.0 Å². The molecule has 1 aliphatic rings. The Hall–Kier alpha value is -2.19. The molecule has 2 N–H and O–H groups in total. The number of sulfone groups is 1. The van der Waals surface area contributed by atoms with Crippen LogP contribution in [0, 0.1) is 5.92 Å². The van der Waals surface area contributed by atoms with Crippen molar-refractivity contribution in [3.05, 3.63) is 51.2 Å². The van der Waals surface area contributed by atoms with Crippen LogP contribution in [0.4, 0.5) is 0 Å². The molecule has 2 aromatic rings. The number of benzene rings is 1. The van der Waals surface area contributed by atoms with Gasteiger partial charge in [-0.15, -0.1) is 11.3 Å². The molecule has 0 bridgehead atoms. The Labute approximate surface area is 162 Å². The van der Waals surface area contributed by atoms with E-state index in [-0.39, 0.29) is 16.4 Å². The van der Waals surface area contributed by atoms with Gasteiger partial charge >= 0.3 is 0 Å². The second-order valence-corrected chi connectivity index (χ2v) is 9.93. The van der Waals surface area contributed by atoms with E-state index in [0.29, 0.717) is 10.8 Å². The Morgan fingerprint density at radius 1 is 1.15 bits per heavy atom. The third-order valence-corrected chi connectivity index (χ3v) is 7.18. The molecule has 2 amide bonds. The summed E-state index contributed by atoms with van der Waals surface area (Å²) >= 11 is 1.48. The van der Waals surface area contributed by atoms with Gasteiger partial charge in [0.05, 0.1) is 9.77 Å². The normalized spacial score (nSPS) is 16.4. The second kappa shape index (κ2) is 7.82. The van der Waals surface area contributed by atoms with Gasteiger partial charge in [-0.3, -0.25) is 20.4 Å².